The minimum atomic E-state index is -0.842. The second-order valence-electron chi connectivity index (χ2n) is 11.0. The molecule has 11 heteroatoms. The van der Waals surface area contributed by atoms with Gasteiger partial charge >= 0.3 is 5.97 Å². The number of nitrogens with zero attached hydrogens (tertiary/aromatic N) is 3. The molecule has 0 spiro atoms. The van der Waals surface area contributed by atoms with E-state index in [2.05, 4.69) is 20.7 Å². The monoisotopic (exact) mass is 587 g/mol. The van der Waals surface area contributed by atoms with E-state index in [4.69, 9.17) is 33.5 Å². The molecule has 1 saturated carbocycles. The zero-order chi connectivity index (χ0) is 29.3. The van der Waals surface area contributed by atoms with E-state index in [9.17, 15) is 14.4 Å². The van der Waals surface area contributed by atoms with Crippen LogP contribution in [0.25, 0.3) is 10.4 Å². The quantitative estimate of drug-likeness (QED) is 0.124. The molecular weight excluding hydrogens is 553 g/mol. The van der Waals surface area contributed by atoms with Gasteiger partial charge in [-0.2, -0.15) is 0 Å². The van der Waals surface area contributed by atoms with E-state index >= 15 is 0 Å². The van der Waals surface area contributed by atoms with E-state index in [0.717, 1.165) is 18.4 Å². The summed E-state index contributed by atoms with van der Waals surface area (Å²) in [6, 6.07) is 11.2. The van der Waals surface area contributed by atoms with Gasteiger partial charge in [-0.1, -0.05) is 59.4 Å². The number of amides is 2. The summed E-state index contributed by atoms with van der Waals surface area (Å²) in [6.07, 6.45) is 4.45. The highest BCUT2D eigenvalue weighted by atomic mass is 35.5. The van der Waals surface area contributed by atoms with Crippen LogP contribution in [0.15, 0.2) is 47.6 Å². The molecule has 0 aliphatic heterocycles. The van der Waals surface area contributed by atoms with Gasteiger partial charge in [-0.15, -0.1) is 0 Å². The highest BCUT2D eigenvalue weighted by Crippen LogP contribution is 2.41. The van der Waals surface area contributed by atoms with Crippen LogP contribution in [0.2, 0.25) is 10.0 Å². The molecule has 0 saturated heterocycles. The van der Waals surface area contributed by atoms with E-state index in [1.54, 1.807) is 51.1 Å². The number of carbonyl (C=O) groups is 3. The Hall–Kier alpha value is -3.26. The van der Waals surface area contributed by atoms with Gasteiger partial charge in [0, 0.05) is 22.6 Å². The van der Waals surface area contributed by atoms with Crippen LogP contribution >= 0.6 is 23.2 Å². The maximum absolute atomic E-state index is 13.5. The molecule has 2 N–H and O–H groups in total. The van der Waals surface area contributed by atoms with Gasteiger partial charge in [0.2, 0.25) is 5.91 Å². The molecule has 1 atom stereocenters. The molecule has 2 amide bonds. The van der Waals surface area contributed by atoms with Gasteiger partial charge in [0.1, 0.15) is 11.6 Å². The van der Waals surface area contributed by atoms with Gasteiger partial charge in [0.25, 0.3) is 5.91 Å². The largest absolute Gasteiger partial charge is 0.458 e. The predicted octanol–water partition coefficient (Wildman–Crippen LogP) is 7.27. The van der Waals surface area contributed by atoms with Crippen LogP contribution in [-0.4, -0.2) is 36.0 Å². The molecule has 9 nitrogen and oxygen atoms in total. The molecule has 1 aliphatic carbocycles. The Morgan fingerprint density at radius 1 is 1.07 bits per heavy atom. The third-order valence-electron chi connectivity index (χ3n) is 6.92. The van der Waals surface area contributed by atoms with Gasteiger partial charge < -0.3 is 15.4 Å². The second-order valence-corrected chi connectivity index (χ2v) is 11.9. The van der Waals surface area contributed by atoms with Crippen molar-refractivity contribution in [3.63, 3.8) is 0 Å². The average molecular weight is 589 g/mol. The lowest BCUT2D eigenvalue weighted by atomic mass is 9.81. The molecule has 2 aromatic carbocycles. The molecule has 0 radical (unpaired) electrons. The molecule has 0 aromatic heterocycles. The summed E-state index contributed by atoms with van der Waals surface area (Å²) < 4.78 is 5.62. The van der Waals surface area contributed by atoms with Crippen molar-refractivity contribution in [3.05, 3.63) is 74.1 Å². The lowest BCUT2D eigenvalue weighted by Crippen LogP contribution is -2.49. The van der Waals surface area contributed by atoms with E-state index < -0.39 is 28.9 Å². The highest BCUT2D eigenvalue weighted by Gasteiger charge is 2.42. The Morgan fingerprint density at radius 2 is 1.70 bits per heavy atom. The first kappa shape index (κ1) is 31.3. The van der Waals surface area contributed by atoms with Crippen molar-refractivity contribution in [3.8, 4) is 0 Å². The third kappa shape index (κ3) is 8.62. The fourth-order valence-electron chi connectivity index (χ4n) is 4.86. The zero-order valence-corrected chi connectivity index (χ0v) is 24.5. The molecule has 3 rings (SSSR count). The first-order valence-electron chi connectivity index (χ1n) is 13.3. The standard InChI is InChI=1S/C29H35Cl2N5O4/c1-28(2,3)40-26(38)23(35-27(39)29(15-4-5-16-29)17-18-33-36-32)14-11-19-9-12-20(13-10-19)34-25(37)24-21(30)7-6-8-22(24)31/h6-10,12-13,23H,4-5,11,14-18H2,1-3H3,(H,34,37)(H,35,39). The van der Waals surface area contributed by atoms with Crippen molar-refractivity contribution in [1.82, 2.24) is 5.32 Å². The number of aryl methyl sites for hydroxylation is 1. The van der Waals surface area contributed by atoms with Crippen LogP contribution in [0.1, 0.15) is 75.2 Å². The zero-order valence-electron chi connectivity index (χ0n) is 23.0. The number of nitrogens with one attached hydrogen (secondary N) is 2. The van der Waals surface area contributed by atoms with Crippen molar-refractivity contribution in [2.24, 2.45) is 10.5 Å². The van der Waals surface area contributed by atoms with Crippen LogP contribution in [0.3, 0.4) is 0 Å². The van der Waals surface area contributed by atoms with Crippen LogP contribution in [0.5, 0.6) is 0 Å². The van der Waals surface area contributed by atoms with E-state index in [1.165, 1.54) is 0 Å². The van der Waals surface area contributed by atoms with Gasteiger partial charge in [0.05, 0.1) is 15.6 Å². The molecule has 40 heavy (non-hydrogen) atoms. The number of hydrogen-bond acceptors (Lipinski definition) is 5. The summed E-state index contributed by atoms with van der Waals surface area (Å²) in [4.78, 5) is 42.0. The first-order valence-corrected chi connectivity index (χ1v) is 14.1. The number of azide groups is 1. The van der Waals surface area contributed by atoms with Gasteiger partial charge in [-0.05, 0) is 88.2 Å². The molecule has 2 aromatic rings. The van der Waals surface area contributed by atoms with Crippen molar-refractivity contribution in [2.45, 2.75) is 77.4 Å². The van der Waals surface area contributed by atoms with Crippen LogP contribution in [0, 0.1) is 5.41 Å². The fourth-order valence-corrected chi connectivity index (χ4v) is 5.43. The highest BCUT2D eigenvalue weighted by molar-refractivity contribution is 6.40. The topological polar surface area (TPSA) is 133 Å². The SMILES string of the molecule is CC(C)(C)OC(=O)C(CCc1ccc(NC(=O)c2c(Cl)cccc2Cl)cc1)NC(=O)C1(CCN=[N+]=[N-])CCCC1. The lowest BCUT2D eigenvalue weighted by Gasteiger charge is -2.30. The molecule has 0 bridgehead atoms. The van der Waals surface area contributed by atoms with Gasteiger partial charge in [-0.3, -0.25) is 9.59 Å². The average Bonchev–Trinajstić information content (AvgIpc) is 3.36. The number of rotatable bonds is 11. The summed E-state index contributed by atoms with van der Waals surface area (Å²) in [6.45, 7) is 5.58. The number of halogens is 2. The Labute approximate surface area is 244 Å². The number of esters is 1. The number of carbonyl (C=O) groups excluding carboxylic acids is 3. The van der Waals surface area contributed by atoms with Crippen LogP contribution in [0.4, 0.5) is 5.69 Å². The summed E-state index contributed by atoms with van der Waals surface area (Å²) in [5, 5.41) is 9.88. The van der Waals surface area contributed by atoms with Crippen molar-refractivity contribution >= 4 is 46.7 Å². The minimum absolute atomic E-state index is 0.199. The normalized spacial score (nSPS) is 15.0. The summed E-state index contributed by atoms with van der Waals surface area (Å²) in [5.41, 5.74) is 8.97. The lowest BCUT2D eigenvalue weighted by molar-refractivity contribution is -0.159. The summed E-state index contributed by atoms with van der Waals surface area (Å²) in [7, 11) is 0. The number of anilines is 1. The Bertz CT molecular complexity index is 1240. The Balaban J connectivity index is 1.69. The molecule has 0 heterocycles. The van der Waals surface area contributed by atoms with E-state index in [1.807, 2.05) is 12.1 Å². The van der Waals surface area contributed by atoms with Crippen LogP contribution < -0.4 is 10.6 Å². The Kier molecular flexibility index (Phi) is 10.9. The minimum Gasteiger partial charge on any atom is -0.458 e. The fraction of sp³-hybridized carbons (Fsp3) is 0.483. The molecular formula is C29H35Cl2N5O4. The van der Waals surface area contributed by atoms with E-state index in [0.29, 0.717) is 37.8 Å². The summed E-state index contributed by atoms with van der Waals surface area (Å²) in [5.74, 6) is -1.12. The maximum atomic E-state index is 13.5. The molecule has 1 fully saturated rings. The second kappa shape index (κ2) is 13.9. The Morgan fingerprint density at radius 3 is 2.27 bits per heavy atom. The maximum Gasteiger partial charge on any atom is 0.329 e. The smallest absolute Gasteiger partial charge is 0.329 e. The molecule has 1 aliphatic rings. The first-order chi connectivity index (χ1) is 18.9. The molecule has 214 valence electrons. The van der Waals surface area contributed by atoms with Crippen molar-refractivity contribution < 1.29 is 19.1 Å². The number of ether oxygens (including phenoxy) is 1. The van der Waals surface area contributed by atoms with Crippen molar-refractivity contribution in [1.29, 1.82) is 0 Å². The molecule has 1 unspecified atom stereocenters. The van der Waals surface area contributed by atoms with E-state index in [-0.39, 0.29) is 28.1 Å². The van der Waals surface area contributed by atoms with Crippen LogP contribution in [-0.2, 0) is 20.7 Å². The predicted molar refractivity (Wildman–Crippen MR) is 156 cm³/mol. The number of hydrogen-bond donors (Lipinski definition) is 2. The number of benzene rings is 2. The van der Waals surface area contributed by atoms with Crippen molar-refractivity contribution in [2.75, 3.05) is 11.9 Å². The summed E-state index contributed by atoms with van der Waals surface area (Å²) >= 11 is 12.3. The van der Waals surface area contributed by atoms with Gasteiger partial charge in [0.15, 0.2) is 0 Å². The van der Waals surface area contributed by atoms with Gasteiger partial charge in [-0.25, -0.2) is 4.79 Å². The third-order valence-corrected chi connectivity index (χ3v) is 7.55.